The van der Waals surface area contributed by atoms with Crippen molar-refractivity contribution < 1.29 is 19.1 Å². The number of hydrogen-bond donors (Lipinski definition) is 1. The zero-order chi connectivity index (χ0) is 15.8. The lowest BCUT2D eigenvalue weighted by atomic mass is 10.1. The van der Waals surface area contributed by atoms with Crippen molar-refractivity contribution in [3.05, 3.63) is 28.2 Å². The van der Waals surface area contributed by atoms with Crippen molar-refractivity contribution in [2.24, 2.45) is 0 Å². The van der Waals surface area contributed by atoms with E-state index in [9.17, 15) is 9.59 Å². The molecule has 0 unspecified atom stereocenters. The molecule has 0 aliphatic rings. The quantitative estimate of drug-likeness (QED) is 0.741. The Bertz CT molecular complexity index is 510. The maximum atomic E-state index is 12.2. The molecular weight excluding hydrogens is 358 g/mol. The highest BCUT2D eigenvalue weighted by Gasteiger charge is 2.22. The summed E-state index contributed by atoms with van der Waals surface area (Å²) < 4.78 is 10.5. The Morgan fingerprint density at radius 1 is 1.38 bits per heavy atom. The second kappa shape index (κ2) is 8.94. The number of rotatable bonds is 7. The van der Waals surface area contributed by atoms with Gasteiger partial charge < -0.3 is 14.8 Å². The molecular formula is C14H18BrNO4S. The summed E-state index contributed by atoms with van der Waals surface area (Å²) in [5.41, 5.74) is 0.445. The predicted molar refractivity (Wildman–Crippen MR) is 87.0 cm³/mol. The van der Waals surface area contributed by atoms with Gasteiger partial charge in [0.2, 0.25) is 0 Å². The normalized spacial score (nSPS) is 11.6. The van der Waals surface area contributed by atoms with Crippen LogP contribution in [0.1, 0.15) is 16.8 Å². The number of ether oxygens (including phenoxy) is 2. The van der Waals surface area contributed by atoms with Crippen LogP contribution in [0, 0.1) is 0 Å². The summed E-state index contributed by atoms with van der Waals surface area (Å²) in [5, 5.41) is 2.70. The molecule has 1 aromatic rings. The van der Waals surface area contributed by atoms with Gasteiger partial charge in [0.25, 0.3) is 5.91 Å². The zero-order valence-corrected chi connectivity index (χ0v) is 14.5. The monoisotopic (exact) mass is 375 g/mol. The van der Waals surface area contributed by atoms with Crippen LogP contribution in [0.5, 0.6) is 5.75 Å². The van der Waals surface area contributed by atoms with Crippen LogP contribution in [0.4, 0.5) is 0 Å². The lowest BCUT2D eigenvalue weighted by Gasteiger charge is -2.16. The van der Waals surface area contributed by atoms with Gasteiger partial charge in [-0.3, -0.25) is 4.79 Å². The number of esters is 1. The number of amides is 1. The average Bonchev–Trinajstić information content (AvgIpc) is 2.50. The molecule has 0 aromatic heterocycles. The number of carbonyl (C=O) groups excluding carboxylic acids is 2. The van der Waals surface area contributed by atoms with E-state index in [4.69, 9.17) is 9.47 Å². The molecule has 0 saturated heterocycles. The SMILES string of the molecule is COC(=O)[C@@H](CCSC)NC(=O)c1ccc(OC)c(Br)c1. The Morgan fingerprint density at radius 2 is 2.10 bits per heavy atom. The fourth-order valence-corrected chi connectivity index (χ4v) is 2.69. The molecule has 21 heavy (non-hydrogen) atoms. The number of thioether (sulfide) groups is 1. The first kappa shape index (κ1) is 17.8. The van der Waals surface area contributed by atoms with Gasteiger partial charge in [0.05, 0.1) is 18.7 Å². The van der Waals surface area contributed by atoms with Crippen LogP contribution < -0.4 is 10.1 Å². The van der Waals surface area contributed by atoms with E-state index < -0.39 is 12.0 Å². The average molecular weight is 376 g/mol. The van der Waals surface area contributed by atoms with Gasteiger partial charge in [0.15, 0.2) is 0 Å². The lowest BCUT2D eigenvalue weighted by Crippen LogP contribution is -2.41. The molecule has 0 fully saturated rings. The molecule has 0 saturated carbocycles. The number of halogens is 1. The minimum Gasteiger partial charge on any atom is -0.496 e. The zero-order valence-electron chi connectivity index (χ0n) is 12.1. The first-order valence-electron chi connectivity index (χ1n) is 6.24. The van der Waals surface area contributed by atoms with E-state index >= 15 is 0 Å². The van der Waals surface area contributed by atoms with Gasteiger partial charge in [-0.05, 0) is 52.6 Å². The van der Waals surface area contributed by atoms with E-state index in [2.05, 4.69) is 21.2 Å². The molecule has 0 spiro atoms. The van der Waals surface area contributed by atoms with Crippen LogP contribution in [-0.2, 0) is 9.53 Å². The Labute approximate surface area is 136 Å². The van der Waals surface area contributed by atoms with Crippen molar-refractivity contribution >= 4 is 39.6 Å². The molecule has 1 amide bonds. The molecule has 5 nitrogen and oxygen atoms in total. The highest BCUT2D eigenvalue weighted by atomic mass is 79.9. The molecule has 1 atom stereocenters. The van der Waals surface area contributed by atoms with Gasteiger partial charge in [-0.2, -0.15) is 11.8 Å². The van der Waals surface area contributed by atoms with Crippen LogP contribution in [0.2, 0.25) is 0 Å². The Hall–Kier alpha value is -1.21. The molecule has 0 radical (unpaired) electrons. The Kier molecular flexibility index (Phi) is 7.60. The summed E-state index contributed by atoms with van der Waals surface area (Å²) in [7, 11) is 2.86. The summed E-state index contributed by atoms with van der Waals surface area (Å²) in [4.78, 5) is 23.9. The van der Waals surface area contributed by atoms with Crippen LogP contribution in [0.3, 0.4) is 0 Å². The number of methoxy groups -OCH3 is 2. The van der Waals surface area contributed by atoms with Gasteiger partial charge in [-0.25, -0.2) is 4.79 Å². The summed E-state index contributed by atoms with van der Waals surface area (Å²) in [6.07, 6.45) is 2.47. The number of hydrogen-bond acceptors (Lipinski definition) is 5. The molecule has 1 N–H and O–H groups in total. The molecule has 1 aromatic carbocycles. The van der Waals surface area contributed by atoms with Crippen molar-refractivity contribution in [3.63, 3.8) is 0 Å². The van der Waals surface area contributed by atoms with Crippen LogP contribution in [-0.4, -0.2) is 44.1 Å². The van der Waals surface area contributed by atoms with Crippen LogP contribution in [0.25, 0.3) is 0 Å². The number of carbonyl (C=O) groups is 2. The van der Waals surface area contributed by atoms with Crippen LogP contribution in [0.15, 0.2) is 22.7 Å². The maximum absolute atomic E-state index is 12.2. The first-order valence-corrected chi connectivity index (χ1v) is 8.43. The van der Waals surface area contributed by atoms with E-state index in [1.54, 1.807) is 37.1 Å². The Morgan fingerprint density at radius 3 is 2.62 bits per heavy atom. The first-order chi connectivity index (χ1) is 10.0. The van der Waals surface area contributed by atoms with Gasteiger partial charge in [0, 0.05) is 5.56 Å². The molecule has 0 heterocycles. The third-order valence-electron chi connectivity index (χ3n) is 2.82. The summed E-state index contributed by atoms with van der Waals surface area (Å²) in [6, 6.07) is 4.34. The maximum Gasteiger partial charge on any atom is 0.328 e. The van der Waals surface area contributed by atoms with Crippen molar-refractivity contribution in [1.82, 2.24) is 5.32 Å². The minimum atomic E-state index is -0.643. The van der Waals surface area contributed by atoms with Gasteiger partial charge in [0.1, 0.15) is 11.8 Å². The third-order valence-corrected chi connectivity index (χ3v) is 4.08. The topological polar surface area (TPSA) is 64.6 Å². The minimum absolute atomic E-state index is 0.324. The highest BCUT2D eigenvalue weighted by molar-refractivity contribution is 9.10. The molecule has 0 bridgehead atoms. The predicted octanol–water partition coefficient (Wildman–Crippen LogP) is 2.48. The number of nitrogens with one attached hydrogen (secondary N) is 1. The Balaban J connectivity index is 2.81. The van der Waals surface area contributed by atoms with E-state index in [0.29, 0.717) is 22.2 Å². The fourth-order valence-electron chi connectivity index (χ4n) is 1.68. The summed E-state index contributed by atoms with van der Waals surface area (Å²) >= 11 is 4.93. The lowest BCUT2D eigenvalue weighted by molar-refractivity contribution is -0.142. The van der Waals surface area contributed by atoms with Gasteiger partial charge in [-0.15, -0.1) is 0 Å². The standard InChI is InChI=1S/C14H18BrNO4S/c1-19-12-5-4-9(8-10(12)15)13(17)16-11(6-7-21-3)14(18)20-2/h4-5,8,11H,6-7H2,1-3H3,(H,16,17)/t11-/m1/s1. The molecule has 0 aliphatic carbocycles. The van der Waals surface area contributed by atoms with Crippen molar-refractivity contribution in [3.8, 4) is 5.75 Å². The summed E-state index contributed by atoms with van der Waals surface area (Å²) in [5.74, 6) is 0.630. The third kappa shape index (κ3) is 5.24. The molecule has 7 heteroatoms. The van der Waals surface area contributed by atoms with Gasteiger partial charge >= 0.3 is 5.97 Å². The van der Waals surface area contributed by atoms with Gasteiger partial charge in [-0.1, -0.05) is 0 Å². The highest BCUT2D eigenvalue weighted by Crippen LogP contribution is 2.25. The van der Waals surface area contributed by atoms with E-state index in [1.165, 1.54) is 7.11 Å². The summed E-state index contributed by atoms with van der Waals surface area (Å²) in [6.45, 7) is 0. The molecule has 1 rings (SSSR count). The smallest absolute Gasteiger partial charge is 0.328 e. The van der Waals surface area contributed by atoms with E-state index in [-0.39, 0.29) is 5.91 Å². The van der Waals surface area contributed by atoms with Crippen molar-refractivity contribution in [1.29, 1.82) is 0 Å². The second-order valence-electron chi connectivity index (χ2n) is 4.18. The largest absolute Gasteiger partial charge is 0.496 e. The van der Waals surface area contributed by atoms with E-state index in [0.717, 1.165) is 5.75 Å². The molecule has 116 valence electrons. The molecule has 0 aliphatic heterocycles. The van der Waals surface area contributed by atoms with Crippen molar-refractivity contribution in [2.45, 2.75) is 12.5 Å². The van der Waals surface area contributed by atoms with Crippen LogP contribution >= 0.6 is 27.7 Å². The number of benzene rings is 1. The van der Waals surface area contributed by atoms with Crippen molar-refractivity contribution in [2.75, 3.05) is 26.2 Å². The fraction of sp³-hybridized carbons (Fsp3) is 0.429. The second-order valence-corrected chi connectivity index (χ2v) is 6.02. The van der Waals surface area contributed by atoms with E-state index in [1.807, 2.05) is 6.26 Å².